The lowest BCUT2D eigenvalue weighted by molar-refractivity contribution is -0.153. The normalized spacial score (nSPS) is 17.4. The van der Waals surface area contributed by atoms with Gasteiger partial charge in [-0.2, -0.15) is 0 Å². The van der Waals surface area contributed by atoms with Crippen LogP contribution in [0.1, 0.15) is 5.56 Å². The van der Waals surface area contributed by atoms with Gasteiger partial charge in [0.2, 0.25) is 5.91 Å². The van der Waals surface area contributed by atoms with E-state index in [1.54, 1.807) is 0 Å². The molecule has 1 aliphatic rings. The highest BCUT2D eigenvalue weighted by molar-refractivity contribution is 9.10. The fourth-order valence-electron chi connectivity index (χ4n) is 1.67. The van der Waals surface area contributed by atoms with E-state index in [1.807, 2.05) is 25.1 Å². The Labute approximate surface area is 109 Å². The summed E-state index contributed by atoms with van der Waals surface area (Å²) < 4.78 is 5.96. The third-order valence-corrected chi connectivity index (χ3v) is 3.66. The van der Waals surface area contributed by atoms with Crippen molar-refractivity contribution in [1.82, 2.24) is 0 Å². The Balaban J connectivity index is 2.13. The molecule has 17 heavy (non-hydrogen) atoms. The first kappa shape index (κ1) is 12.5. The Morgan fingerprint density at radius 3 is 2.76 bits per heavy atom. The molecule has 1 saturated heterocycles. The summed E-state index contributed by atoms with van der Waals surface area (Å²) in [6, 6.07) is 5.79. The van der Waals surface area contributed by atoms with Gasteiger partial charge in [0.15, 0.2) is 0 Å². The third kappa shape index (κ3) is 2.36. The topological polar surface area (TPSA) is 64.4 Å². The molecule has 5 heteroatoms. The molecule has 0 saturated carbocycles. The van der Waals surface area contributed by atoms with E-state index in [4.69, 9.17) is 10.5 Å². The lowest BCUT2D eigenvalue weighted by Crippen LogP contribution is -2.56. The van der Waals surface area contributed by atoms with Crippen LogP contribution in [0, 0.1) is 12.3 Å². The van der Waals surface area contributed by atoms with Gasteiger partial charge in [-0.05, 0) is 40.5 Å². The molecule has 0 spiro atoms. The maximum atomic E-state index is 12.1. The molecule has 1 aromatic rings. The average Bonchev–Trinajstić information content (AvgIpc) is 2.21. The number of anilines is 1. The number of carbonyl (C=O) groups is 1. The molecule has 3 N–H and O–H groups in total. The SMILES string of the molecule is Cc1ccc(NC(=O)C2(CN)COC2)c(Br)c1. The van der Waals surface area contributed by atoms with Gasteiger partial charge in [0.1, 0.15) is 5.41 Å². The molecule has 0 aliphatic carbocycles. The van der Waals surface area contributed by atoms with E-state index in [9.17, 15) is 4.79 Å². The quantitative estimate of drug-likeness (QED) is 0.892. The second-order valence-corrected chi connectivity index (χ2v) is 5.27. The zero-order valence-corrected chi connectivity index (χ0v) is 11.2. The summed E-state index contributed by atoms with van der Waals surface area (Å²) in [4.78, 5) is 12.1. The third-order valence-electron chi connectivity index (χ3n) is 3.00. The fraction of sp³-hybridized carbons (Fsp3) is 0.417. The maximum Gasteiger partial charge on any atom is 0.236 e. The van der Waals surface area contributed by atoms with Crippen LogP contribution in [0.2, 0.25) is 0 Å². The molecule has 1 aromatic carbocycles. The van der Waals surface area contributed by atoms with E-state index in [0.717, 1.165) is 15.7 Å². The van der Waals surface area contributed by atoms with Crippen molar-refractivity contribution in [2.24, 2.45) is 11.1 Å². The number of aryl methyl sites for hydroxylation is 1. The number of ether oxygens (including phenoxy) is 1. The van der Waals surface area contributed by atoms with Crippen LogP contribution in [0.4, 0.5) is 5.69 Å². The van der Waals surface area contributed by atoms with Gasteiger partial charge in [0.25, 0.3) is 0 Å². The Kier molecular flexibility index (Phi) is 3.51. The van der Waals surface area contributed by atoms with Crippen molar-refractivity contribution in [3.05, 3.63) is 28.2 Å². The lowest BCUT2D eigenvalue weighted by Gasteiger charge is -2.38. The number of benzene rings is 1. The summed E-state index contributed by atoms with van der Waals surface area (Å²) >= 11 is 3.43. The van der Waals surface area contributed by atoms with Crippen molar-refractivity contribution in [3.8, 4) is 0 Å². The molecule has 1 aliphatic heterocycles. The standard InChI is InChI=1S/C12H15BrN2O2/c1-8-2-3-10(9(13)4-8)15-11(16)12(5-14)6-17-7-12/h2-4H,5-7,14H2,1H3,(H,15,16). The van der Waals surface area contributed by atoms with Crippen molar-refractivity contribution in [3.63, 3.8) is 0 Å². The van der Waals surface area contributed by atoms with Gasteiger partial charge in [-0.15, -0.1) is 0 Å². The smallest absolute Gasteiger partial charge is 0.236 e. The van der Waals surface area contributed by atoms with Gasteiger partial charge in [0.05, 0.1) is 18.9 Å². The van der Waals surface area contributed by atoms with Crippen LogP contribution in [0.3, 0.4) is 0 Å². The zero-order chi connectivity index (χ0) is 12.5. The Morgan fingerprint density at radius 2 is 2.29 bits per heavy atom. The molecule has 1 amide bonds. The van der Waals surface area contributed by atoms with E-state index in [0.29, 0.717) is 19.8 Å². The molecule has 1 heterocycles. The Bertz CT molecular complexity index is 439. The van der Waals surface area contributed by atoms with Gasteiger partial charge in [-0.1, -0.05) is 6.07 Å². The molecule has 92 valence electrons. The molecule has 0 atom stereocenters. The van der Waals surface area contributed by atoms with Gasteiger partial charge >= 0.3 is 0 Å². The number of amides is 1. The molecular formula is C12H15BrN2O2. The second kappa shape index (κ2) is 4.76. The highest BCUT2D eigenvalue weighted by atomic mass is 79.9. The van der Waals surface area contributed by atoms with Crippen molar-refractivity contribution >= 4 is 27.5 Å². The van der Waals surface area contributed by atoms with Crippen molar-refractivity contribution in [1.29, 1.82) is 0 Å². The predicted octanol–water partition coefficient (Wildman–Crippen LogP) is 1.67. The van der Waals surface area contributed by atoms with Gasteiger partial charge in [-0.25, -0.2) is 0 Å². The van der Waals surface area contributed by atoms with Crippen LogP contribution >= 0.6 is 15.9 Å². The summed E-state index contributed by atoms with van der Waals surface area (Å²) in [5, 5.41) is 2.89. The number of nitrogens with one attached hydrogen (secondary N) is 1. The van der Waals surface area contributed by atoms with E-state index in [1.165, 1.54) is 0 Å². The number of halogens is 1. The second-order valence-electron chi connectivity index (χ2n) is 4.41. The summed E-state index contributed by atoms with van der Waals surface area (Å²) in [6.07, 6.45) is 0. The molecule has 2 rings (SSSR count). The van der Waals surface area contributed by atoms with E-state index < -0.39 is 5.41 Å². The largest absolute Gasteiger partial charge is 0.379 e. The molecule has 0 aromatic heterocycles. The van der Waals surface area contributed by atoms with Crippen LogP contribution in [0.5, 0.6) is 0 Å². The van der Waals surface area contributed by atoms with Crippen LogP contribution in [0.25, 0.3) is 0 Å². The van der Waals surface area contributed by atoms with E-state index >= 15 is 0 Å². The first-order valence-electron chi connectivity index (χ1n) is 5.43. The minimum atomic E-state index is -0.551. The van der Waals surface area contributed by atoms with Crippen molar-refractivity contribution in [2.75, 3.05) is 25.1 Å². The number of hydrogen-bond donors (Lipinski definition) is 2. The summed E-state index contributed by atoms with van der Waals surface area (Å²) in [5.74, 6) is -0.0733. The average molecular weight is 299 g/mol. The number of rotatable bonds is 3. The molecule has 0 radical (unpaired) electrons. The molecule has 4 nitrogen and oxygen atoms in total. The van der Waals surface area contributed by atoms with Crippen LogP contribution < -0.4 is 11.1 Å². The summed E-state index contributed by atoms with van der Waals surface area (Å²) in [6.45, 7) is 3.11. The monoisotopic (exact) mass is 298 g/mol. The minimum absolute atomic E-state index is 0.0733. The fourth-order valence-corrected chi connectivity index (χ4v) is 2.26. The van der Waals surface area contributed by atoms with Crippen LogP contribution in [0.15, 0.2) is 22.7 Å². The van der Waals surface area contributed by atoms with E-state index in [2.05, 4.69) is 21.2 Å². The van der Waals surface area contributed by atoms with E-state index in [-0.39, 0.29) is 5.91 Å². The molecule has 0 bridgehead atoms. The Hall–Kier alpha value is -0.910. The van der Waals surface area contributed by atoms with Crippen LogP contribution in [-0.4, -0.2) is 25.7 Å². The highest BCUT2D eigenvalue weighted by Gasteiger charge is 2.44. The zero-order valence-electron chi connectivity index (χ0n) is 9.63. The van der Waals surface area contributed by atoms with Crippen molar-refractivity contribution < 1.29 is 9.53 Å². The lowest BCUT2D eigenvalue weighted by atomic mass is 9.85. The first-order valence-corrected chi connectivity index (χ1v) is 6.22. The summed E-state index contributed by atoms with van der Waals surface area (Å²) in [7, 11) is 0. The van der Waals surface area contributed by atoms with Crippen molar-refractivity contribution in [2.45, 2.75) is 6.92 Å². The Morgan fingerprint density at radius 1 is 1.59 bits per heavy atom. The maximum absolute atomic E-state index is 12.1. The first-order chi connectivity index (χ1) is 8.07. The minimum Gasteiger partial charge on any atom is -0.379 e. The van der Waals surface area contributed by atoms with Gasteiger partial charge < -0.3 is 15.8 Å². The summed E-state index contributed by atoms with van der Waals surface area (Å²) in [5.41, 5.74) is 6.98. The predicted molar refractivity (Wildman–Crippen MR) is 69.8 cm³/mol. The van der Waals surface area contributed by atoms with Gasteiger partial charge in [0, 0.05) is 11.0 Å². The molecule has 1 fully saturated rings. The molecular weight excluding hydrogens is 284 g/mol. The highest BCUT2D eigenvalue weighted by Crippen LogP contribution is 2.30. The van der Waals surface area contributed by atoms with Crippen LogP contribution in [-0.2, 0) is 9.53 Å². The van der Waals surface area contributed by atoms with Gasteiger partial charge in [-0.3, -0.25) is 4.79 Å². The molecule has 0 unspecified atom stereocenters. The number of hydrogen-bond acceptors (Lipinski definition) is 3. The number of nitrogens with two attached hydrogens (primary N) is 1. The number of carbonyl (C=O) groups excluding carboxylic acids is 1.